The normalized spacial score (nSPS) is 17.6. The second kappa shape index (κ2) is 5.28. The number of nitrogens with zero attached hydrogens (tertiary/aromatic N) is 1. The molecular formula is C15H18N4. The lowest BCUT2D eigenvalue weighted by Crippen LogP contribution is -2.27. The van der Waals surface area contributed by atoms with Crippen LogP contribution in [0.15, 0.2) is 42.5 Å². The van der Waals surface area contributed by atoms with E-state index < -0.39 is 0 Å². The number of nitrogens with one attached hydrogen (secondary N) is 2. The quantitative estimate of drug-likeness (QED) is 0.581. The molecule has 0 saturated heterocycles. The van der Waals surface area contributed by atoms with E-state index in [1.807, 2.05) is 18.2 Å². The third-order valence-corrected chi connectivity index (χ3v) is 3.60. The van der Waals surface area contributed by atoms with Crippen LogP contribution in [0.3, 0.4) is 0 Å². The largest absolute Gasteiger partial charge is 0.367 e. The zero-order valence-corrected chi connectivity index (χ0v) is 10.8. The first kappa shape index (κ1) is 12.0. The van der Waals surface area contributed by atoms with Crippen LogP contribution in [0.2, 0.25) is 0 Å². The number of hydrogen-bond acceptors (Lipinski definition) is 4. The average Bonchev–Trinajstić information content (AvgIpc) is 2.47. The van der Waals surface area contributed by atoms with Crippen LogP contribution in [0.4, 0.5) is 11.6 Å². The van der Waals surface area contributed by atoms with E-state index in [1.165, 1.54) is 11.1 Å². The Morgan fingerprint density at radius 3 is 2.63 bits per heavy atom. The van der Waals surface area contributed by atoms with E-state index in [0.717, 1.165) is 25.1 Å². The Hall–Kier alpha value is -2.07. The van der Waals surface area contributed by atoms with Gasteiger partial charge in [0.15, 0.2) is 0 Å². The highest BCUT2D eigenvalue weighted by Gasteiger charge is 2.18. The Bertz CT molecular complexity index is 568. The zero-order chi connectivity index (χ0) is 13.1. The molecule has 0 radical (unpaired) electrons. The van der Waals surface area contributed by atoms with Gasteiger partial charge in [-0.05, 0) is 42.5 Å². The molecule has 3 rings (SSSR count). The van der Waals surface area contributed by atoms with Crippen LogP contribution >= 0.6 is 0 Å². The molecule has 2 aromatic rings. The Kier molecular flexibility index (Phi) is 3.33. The number of aryl methyl sites for hydroxylation is 1. The number of hydrazine groups is 1. The number of anilines is 2. The maximum atomic E-state index is 5.37. The summed E-state index contributed by atoms with van der Waals surface area (Å²) in [5.74, 6) is 6.93. The van der Waals surface area contributed by atoms with Gasteiger partial charge in [-0.25, -0.2) is 10.8 Å². The van der Waals surface area contributed by atoms with E-state index in [9.17, 15) is 0 Å². The molecular weight excluding hydrogens is 236 g/mol. The van der Waals surface area contributed by atoms with Gasteiger partial charge in [-0.15, -0.1) is 0 Å². The number of hydrogen-bond donors (Lipinski definition) is 3. The van der Waals surface area contributed by atoms with Crippen molar-refractivity contribution in [3.8, 4) is 0 Å². The van der Waals surface area contributed by atoms with Crippen molar-refractivity contribution in [2.75, 3.05) is 10.7 Å². The topological polar surface area (TPSA) is 63.0 Å². The first-order chi connectivity index (χ1) is 9.35. The molecule has 0 spiro atoms. The third-order valence-electron chi connectivity index (χ3n) is 3.60. The number of benzene rings is 1. The number of rotatable bonds is 3. The fraction of sp³-hybridized carbons (Fsp3) is 0.267. The van der Waals surface area contributed by atoms with Gasteiger partial charge in [0.25, 0.3) is 0 Å². The van der Waals surface area contributed by atoms with Gasteiger partial charge in [0, 0.05) is 6.04 Å². The number of aromatic nitrogens is 1. The standard InChI is InChI=1S/C15H18N4/c16-19-15-7-3-6-14(18-15)17-13-9-8-11-4-1-2-5-12(11)10-13/h1-7,13H,8-10,16H2,(H2,17,18,19). The summed E-state index contributed by atoms with van der Waals surface area (Å²) in [5, 5.41) is 3.49. The van der Waals surface area contributed by atoms with Crippen LogP contribution in [0.1, 0.15) is 17.5 Å². The summed E-state index contributed by atoms with van der Waals surface area (Å²) >= 11 is 0. The Balaban J connectivity index is 1.71. The van der Waals surface area contributed by atoms with Gasteiger partial charge in [-0.2, -0.15) is 0 Å². The first-order valence-electron chi connectivity index (χ1n) is 6.62. The van der Waals surface area contributed by atoms with Gasteiger partial charge in [0.2, 0.25) is 0 Å². The molecule has 0 bridgehead atoms. The lowest BCUT2D eigenvalue weighted by molar-refractivity contribution is 0.609. The molecule has 1 aliphatic carbocycles. The van der Waals surface area contributed by atoms with Crippen LogP contribution in [0.25, 0.3) is 0 Å². The van der Waals surface area contributed by atoms with E-state index in [2.05, 4.69) is 40.0 Å². The number of nitrogens with two attached hydrogens (primary N) is 1. The predicted molar refractivity (Wildman–Crippen MR) is 77.9 cm³/mol. The molecule has 0 aliphatic heterocycles. The van der Waals surface area contributed by atoms with Crippen molar-refractivity contribution >= 4 is 11.6 Å². The highest BCUT2D eigenvalue weighted by atomic mass is 15.3. The lowest BCUT2D eigenvalue weighted by atomic mass is 9.88. The van der Waals surface area contributed by atoms with Gasteiger partial charge in [-0.3, -0.25) is 0 Å². The van der Waals surface area contributed by atoms with Crippen LogP contribution in [-0.4, -0.2) is 11.0 Å². The highest BCUT2D eigenvalue weighted by molar-refractivity contribution is 5.45. The van der Waals surface area contributed by atoms with Gasteiger partial charge in [-0.1, -0.05) is 30.3 Å². The molecule has 0 fully saturated rings. The van der Waals surface area contributed by atoms with Crippen molar-refractivity contribution in [1.82, 2.24) is 4.98 Å². The number of nitrogen functional groups attached to an aromatic ring is 1. The Morgan fingerprint density at radius 2 is 1.79 bits per heavy atom. The maximum Gasteiger partial charge on any atom is 0.142 e. The predicted octanol–water partition coefficient (Wildman–Crippen LogP) is 2.34. The summed E-state index contributed by atoms with van der Waals surface area (Å²) in [7, 11) is 0. The van der Waals surface area contributed by atoms with Crippen molar-refractivity contribution in [2.24, 2.45) is 5.84 Å². The molecule has 4 heteroatoms. The molecule has 1 aromatic heterocycles. The smallest absolute Gasteiger partial charge is 0.142 e. The number of fused-ring (bicyclic) bond motifs is 1. The summed E-state index contributed by atoms with van der Waals surface area (Å²) in [5.41, 5.74) is 5.49. The first-order valence-corrected chi connectivity index (χ1v) is 6.62. The van der Waals surface area contributed by atoms with E-state index in [0.29, 0.717) is 11.9 Å². The summed E-state index contributed by atoms with van der Waals surface area (Å²) in [6.07, 6.45) is 3.32. The monoisotopic (exact) mass is 254 g/mol. The molecule has 98 valence electrons. The fourth-order valence-corrected chi connectivity index (χ4v) is 2.63. The molecule has 4 N–H and O–H groups in total. The minimum absolute atomic E-state index is 0.440. The zero-order valence-electron chi connectivity index (χ0n) is 10.8. The molecule has 0 saturated carbocycles. The van der Waals surface area contributed by atoms with Crippen LogP contribution < -0.4 is 16.6 Å². The second-order valence-corrected chi connectivity index (χ2v) is 4.91. The van der Waals surface area contributed by atoms with Crippen molar-refractivity contribution < 1.29 is 0 Å². The summed E-state index contributed by atoms with van der Waals surface area (Å²) < 4.78 is 0. The average molecular weight is 254 g/mol. The van der Waals surface area contributed by atoms with E-state index in [4.69, 9.17) is 5.84 Å². The maximum absolute atomic E-state index is 5.37. The van der Waals surface area contributed by atoms with Crippen molar-refractivity contribution in [1.29, 1.82) is 0 Å². The lowest BCUT2D eigenvalue weighted by Gasteiger charge is -2.26. The van der Waals surface area contributed by atoms with Crippen LogP contribution in [0, 0.1) is 0 Å². The van der Waals surface area contributed by atoms with Crippen LogP contribution in [-0.2, 0) is 12.8 Å². The van der Waals surface area contributed by atoms with Gasteiger partial charge in [0.05, 0.1) is 0 Å². The summed E-state index contributed by atoms with van der Waals surface area (Å²) in [4.78, 5) is 4.39. The van der Waals surface area contributed by atoms with Crippen LogP contribution in [0.5, 0.6) is 0 Å². The Morgan fingerprint density at radius 1 is 1.00 bits per heavy atom. The van der Waals surface area contributed by atoms with Gasteiger partial charge in [0.1, 0.15) is 11.6 Å². The molecule has 0 amide bonds. The summed E-state index contributed by atoms with van der Waals surface area (Å²) in [6, 6.07) is 14.9. The van der Waals surface area contributed by atoms with E-state index in [-0.39, 0.29) is 0 Å². The number of pyridine rings is 1. The summed E-state index contributed by atoms with van der Waals surface area (Å²) in [6.45, 7) is 0. The van der Waals surface area contributed by atoms with Crippen molar-refractivity contribution in [3.05, 3.63) is 53.6 Å². The molecule has 19 heavy (non-hydrogen) atoms. The van der Waals surface area contributed by atoms with Gasteiger partial charge >= 0.3 is 0 Å². The molecule has 1 unspecified atom stereocenters. The minimum Gasteiger partial charge on any atom is -0.367 e. The van der Waals surface area contributed by atoms with Gasteiger partial charge < -0.3 is 10.7 Å². The van der Waals surface area contributed by atoms with E-state index in [1.54, 1.807) is 0 Å². The SMILES string of the molecule is NNc1cccc(NC2CCc3ccccc3C2)n1. The van der Waals surface area contributed by atoms with E-state index >= 15 is 0 Å². The molecule has 1 atom stereocenters. The van der Waals surface area contributed by atoms with Crippen molar-refractivity contribution in [2.45, 2.75) is 25.3 Å². The molecule has 1 aliphatic rings. The highest BCUT2D eigenvalue weighted by Crippen LogP contribution is 2.23. The fourth-order valence-electron chi connectivity index (χ4n) is 2.63. The second-order valence-electron chi connectivity index (χ2n) is 4.91. The third kappa shape index (κ3) is 2.69. The Labute approximate surface area is 113 Å². The molecule has 4 nitrogen and oxygen atoms in total. The minimum atomic E-state index is 0.440. The molecule has 1 heterocycles. The van der Waals surface area contributed by atoms with Crippen molar-refractivity contribution in [3.63, 3.8) is 0 Å². The molecule has 1 aromatic carbocycles.